The first-order valence-electron chi connectivity index (χ1n) is 5.76. The molecule has 0 atom stereocenters. The average Bonchev–Trinajstić information content (AvgIpc) is 2.97. The monoisotopic (exact) mass is 255 g/mol. The Balaban J connectivity index is 1.98. The number of nitrogens with one attached hydrogen (secondary N) is 2. The molecule has 0 spiro atoms. The lowest BCUT2D eigenvalue weighted by molar-refractivity contribution is 0.0946. The zero-order valence-electron chi connectivity index (χ0n) is 10.2. The number of benzene rings is 1. The number of aliphatic hydroxyl groups is 1. The van der Waals surface area contributed by atoms with E-state index in [0.29, 0.717) is 12.2 Å². The second-order valence-electron chi connectivity index (χ2n) is 3.81. The molecule has 5 nitrogen and oxygen atoms in total. The Morgan fingerprint density at radius 1 is 1.42 bits per heavy atom. The summed E-state index contributed by atoms with van der Waals surface area (Å²) in [6.45, 7) is 0.243. The number of nitrogens with zero attached hydrogens (tertiary/aromatic N) is 1. The summed E-state index contributed by atoms with van der Waals surface area (Å²) in [5.41, 5.74) is 2.18. The molecule has 0 saturated heterocycles. The van der Waals surface area contributed by atoms with Crippen LogP contribution in [0, 0.1) is 11.8 Å². The van der Waals surface area contributed by atoms with Gasteiger partial charge >= 0.3 is 0 Å². The third kappa shape index (κ3) is 3.69. The van der Waals surface area contributed by atoms with Gasteiger partial charge in [0.1, 0.15) is 12.3 Å². The van der Waals surface area contributed by atoms with Crippen molar-refractivity contribution in [2.75, 3.05) is 6.61 Å². The molecule has 0 aliphatic carbocycles. The smallest absolute Gasteiger partial charge is 0.269 e. The van der Waals surface area contributed by atoms with Crippen molar-refractivity contribution < 1.29 is 9.90 Å². The number of hydrogen-bond donors (Lipinski definition) is 3. The third-order valence-electron chi connectivity index (χ3n) is 2.44. The minimum Gasteiger partial charge on any atom is -0.384 e. The normalized spacial score (nSPS) is 9.53. The van der Waals surface area contributed by atoms with Gasteiger partial charge in [0, 0.05) is 18.3 Å². The summed E-state index contributed by atoms with van der Waals surface area (Å²) < 4.78 is 0. The highest BCUT2D eigenvalue weighted by atomic mass is 16.2. The van der Waals surface area contributed by atoms with Crippen molar-refractivity contribution in [2.24, 2.45) is 0 Å². The van der Waals surface area contributed by atoms with Gasteiger partial charge in [0.05, 0.1) is 0 Å². The molecular formula is C14H13N3O2. The highest BCUT2D eigenvalue weighted by Gasteiger charge is 2.05. The van der Waals surface area contributed by atoms with Gasteiger partial charge in [-0.2, -0.15) is 5.10 Å². The summed E-state index contributed by atoms with van der Waals surface area (Å²) in [6.07, 6.45) is 1.53. The van der Waals surface area contributed by atoms with Crippen LogP contribution in [-0.4, -0.2) is 27.8 Å². The van der Waals surface area contributed by atoms with Crippen LogP contribution in [0.1, 0.15) is 21.6 Å². The van der Waals surface area contributed by atoms with Crippen molar-refractivity contribution in [3.63, 3.8) is 0 Å². The number of carbonyl (C=O) groups excluding carboxylic acids is 1. The molecule has 5 heteroatoms. The van der Waals surface area contributed by atoms with E-state index in [4.69, 9.17) is 5.11 Å². The van der Waals surface area contributed by atoms with Crippen LogP contribution in [0.3, 0.4) is 0 Å². The minimum absolute atomic E-state index is 0.166. The number of carbonyl (C=O) groups is 1. The SMILES string of the molecule is O=C(NCc1cccc(C#CCO)c1)c1ccn[nH]1. The van der Waals surface area contributed by atoms with Crippen molar-refractivity contribution in [3.8, 4) is 11.8 Å². The maximum Gasteiger partial charge on any atom is 0.269 e. The van der Waals surface area contributed by atoms with Gasteiger partial charge in [-0.1, -0.05) is 24.0 Å². The molecule has 2 rings (SSSR count). The molecule has 1 aromatic carbocycles. The Morgan fingerprint density at radius 3 is 3.05 bits per heavy atom. The highest BCUT2D eigenvalue weighted by molar-refractivity contribution is 5.92. The number of amides is 1. The van der Waals surface area contributed by atoms with Crippen LogP contribution in [0.5, 0.6) is 0 Å². The molecule has 1 amide bonds. The first-order valence-corrected chi connectivity index (χ1v) is 5.76. The minimum atomic E-state index is -0.204. The van der Waals surface area contributed by atoms with Crippen molar-refractivity contribution in [1.82, 2.24) is 15.5 Å². The largest absolute Gasteiger partial charge is 0.384 e. The van der Waals surface area contributed by atoms with Gasteiger partial charge in [-0.25, -0.2) is 0 Å². The molecule has 2 aromatic rings. The standard InChI is InChI=1S/C14H13N3O2/c18-8-2-5-11-3-1-4-12(9-11)10-15-14(19)13-6-7-16-17-13/h1,3-4,6-7,9,18H,8,10H2,(H,15,19)(H,16,17). The van der Waals surface area contributed by atoms with Crippen LogP contribution in [0.4, 0.5) is 0 Å². The zero-order chi connectivity index (χ0) is 13.5. The molecule has 0 bridgehead atoms. The van der Waals surface area contributed by atoms with Crippen molar-refractivity contribution >= 4 is 5.91 Å². The van der Waals surface area contributed by atoms with E-state index in [1.165, 1.54) is 6.20 Å². The molecule has 0 aliphatic rings. The van der Waals surface area contributed by atoms with Gasteiger partial charge in [0.15, 0.2) is 0 Å². The molecule has 1 heterocycles. The quantitative estimate of drug-likeness (QED) is 0.706. The van der Waals surface area contributed by atoms with E-state index >= 15 is 0 Å². The molecule has 0 saturated carbocycles. The molecule has 0 aliphatic heterocycles. The second-order valence-corrected chi connectivity index (χ2v) is 3.81. The first kappa shape index (κ1) is 12.9. The molecule has 96 valence electrons. The van der Waals surface area contributed by atoms with Crippen molar-refractivity contribution in [2.45, 2.75) is 6.54 Å². The van der Waals surface area contributed by atoms with E-state index < -0.39 is 0 Å². The fourth-order valence-electron chi connectivity index (χ4n) is 1.56. The van der Waals surface area contributed by atoms with E-state index in [2.05, 4.69) is 27.4 Å². The Kier molecular flexibility index (Phi) is 4.32. The Morgan fingerprint density at radius 2 is 2.32 bits per heavy atom. The summed E-state index contributed by atoms with van der Waals surface area (Å²) in [5.74, 6) is 5.20. The molecule has 1 aromatic heterocycles. The van der Waals surface area contributed by atoms with Gasteiger partial charge in [-0.05, 0) is 23.8 Å². The number of aromatic nitrogens is 2. The maximum atomic E-state index is 11.7. The van der Waals surface area contributed by atoms with E-state index in [9.17, 15) is 4.79 Å². The second kappa shape index (κ2) is 6.38. The average molecular weight is 255 g/mol. The van der Waals surface area contributed by atoms with Gasteiger partial charge in [-0.15, -0.1) is 0 Å². The number of rotatable bonds is 3. The van der Waals surface area contributed by atoms with Crippen LogP contribution in [0.15, 0.2) is 36.5 Å². The van der Waals surface area contributed by atoms with E-state index in [1.54, 1.807) is 6.07 Å². The molecule has 19 heavy (non-hydrogen) atoms. The molecule has 0 unspecified atom stereocenters. The molecular weight excluding hydrogens is 242 g/mol. The van der Waals surface area contributed by atoms with Gasteiger partial charge < -0.3 is 10.4 Å². The van der Waals surface area contributed by atoms with Gasteiger partial charge in [0.25, 0.3) is 5.91 Å². The Labute approximate surface area is 110 Å². The Bertz CT molecular complexity index is 609. The predicted octanol–water partition coefficient (Wildman–Crippen LogP) is 0.684. The lowest BCUT2D eigenvalue weighted by atomic mass is 10.1. The van der Waals surface area contributed by atoms with Crippen molar-refractivity contribution in [3.05, 3.63) is 53.3 Å². The summed E-state index contributed by atoms with van der Waals surface area (Å²) in [6, 6.07) is 9.09. The van der Waals surface area contributed by atoms with Crippen LogP contribution in [-0.2, 0) is 6.54 Å². The summed E-state index contributed by atoms with van der Waals surface area (Å²) in [5, 5.41) is 17.7. The zero-order valence-corrected chi connectivity index (χ0v) is 10.2. The van der Waals surface area contributed by atoms with Crippen LogP contribution >= 0.6 is 0 Å². The fourth-order valence-corrected chi connectivity index (χ4v) is 1.56. The summed E-state index contributed by atoms with van der Waals surface area (Å²) in [7, 11) is 0. The summed E-state index contributed by atoms with van der Waals surface area (Å²) >= 11 is 0. The van der Waals surface area contributed by atoms with Crippen LogP contribution in [0.25, 0.3) is 0 Å². The number of H-pyrrole nitrogens is 1. The summed E-state index contributed by atoms with van der Waals surface area (Å²) in [4.78, 5) is 11.7. The van der Waals surface area contributed by atoms with Crippen molar-refractivity contribution in [1.29, 1.82) is 0 Å². The maximum absolute atomic E-state index is 11.7. The predicted molar refractivity (Wildman–Crippen MR) is 70.2 cm³/mol. The lowest BCUT2D eigenvalue weighted by Crippen LogP contribution is -2.23. The van der Waals surface area contributed by atoms with Crippen LogP contribution in [0.2, 0.25) is 0 Å². The van der Waals surface area contributed by atoms with Crippen LogP contribution < -0.4 is 5.32 Å². The Hall–Kier alpha value is -2.58. The topological polar surface area (TPSA) is 78.0 Å². The number of hydrogen-bond acceptors (Lipinski definition) is 3. The van der Waals surface area contributed by atoms with E-state index in [0.717, 1.165) is 11.1 Å². The number of aromatic amines is 1. The van der Waals surface area contributed by atoms with Gasteiger partial charge in [0.2, 0.25) is 0 Å². The lowest BCUT2D eigenvalue weighted by Gasteiger charge is -2.04. The van der Waals surface area contributed by atoms with E-state index in [-0.39, 0.29) is 12.5 Å². The fraction of sp³-hybridized carbons (Fsp3) is 0.143. The third-order valence-corrected chi connectivity index (χ3v) is 2.44. The van der Waals surface area contributed by atoms with Gasteiger partial charge in [-0.3, -0.25) is 9.89 Å². The molecule has 0 radical (unpaired) electrons. The number of aliphatic hydroxyl groups excluding tert-OH is 1. The first-order chi connectivity index (χ1) is 9.29. The highest BCUT2D eigenvalue weighted by Crippen LogP contribution is 2.04. The molecule has 3 N–H and O–H groups in total. The molecule has 0 fully saturated rings. The van der Waals surface area contributed by atoms with E-state index in [1.807, 2.05) is 24.3 Å².